The number of aliphatic hydroxyl groups is 1. The number of hydrogen-bond donors (Lipinski definition) is 2. The smallest absolute Gasteiger partial charge is 0.394 e. The average Bonchev–Trinajstić information content (AvgIpc) is 2.19. The lowest BCUT2D eigenvalue weighted by atomic mass is 10.3. The Hall–Kier alpha value is -1.61. The largest absolute Gasteiger partial charge is 0.423 e. The molecule has 0 bridgehead atoms. The van der Waals surface area contributed by atoms with Crippen LogP contribution >= 0.6 is 0 Å². The number of nitrogens with zero attached hydrogens (tertiary/aromatic N) is 1. The molecule has 17 heavy (non-hydrogen) atoms. The van der Waals surface area contributed by atoms with Crippen LogP contribution < -0.4 is 11.2 Å². The minimum atomic E-state index is -4.85. The summed E-state index contributed by atoms with van der Waals surface area (Å²) in [5.74, 6) is 0. The van der Waals surface area contributed by atoms with Gasteiger partial charge in [-0.25, -0.2) is 4.79 Å². The summed E-state index contributed by atoms with van der Waals surface area (Å²) in [6.07, 6.45) is -4.47. The maximum atomic E-state index is 12.3. The number of hydrogen-bond acceptors (Lipinski definition) is 4. The summed E-state index contributed by atoms with van der Waals surface area (Å²) >= 11 is 0. The van der Waals surface area contributed by atoms with Gasteiger partial charge in [-0.2, -0.15) is 13.2 Å². The van der Waals surface area contributed by atoms with Gasteiger partial charge in [0, 0.05) is 6.20 Å². The van der Waals surface area contributed by atoms with Crippen molar-refractivity contribution in [2.24, 2.45) is 0 Å². The first-order valence-electron chi connectivity index (χ1n) is 4.46. The lowest BCUT2D eigenvalue weighted by molar-refractivity contribution is -0.139. The van der Waals surface area contributed by atoms with Crippen LogP contribution in [0.5, 0.6) is 0 Å². The number of aromatic amines is 1. The molecule has 0 amide bonds. The number of alkyl halides is 3. The molecule has 1 rings (SSSR count). The first kappa shape index (κ1) is 13.5. The molecule has 6 nitrogen and oxygen atoms in total. The molecule has 0 saturated heterocycles. The standard InChI is InChI=1S/C8H9F3N2O4/c9-8(10,11)5-3-13(4-17-2-1-14)7(16)12-6(5)15/h3,14H,1-2,4H2,(H,12,15,16). The third-order valence-electron chi connectivity index (χ3n) is 1.78. The van der Waals surface area contributed by atoms with Crippen LogP contribution in [0.2, 0.25) is 0 Å². The molecule has 0 saturated carbocycles. The SMILES string of the molecule is O=c1[nH]c(=O)n(COCCO)cc1C(F)(F)F. The van der Waals surface area contributed by atoms with E-state index in [1.165, 1.54) is 4.98 Å². The van der Waals surface area contributed by atoms with Crippen molar-refractivity contribution in [3.63, 3.8) is 0 Å². The van der Waals surface area contributed by atoms with Crippen LogP contribution in [-0.4, -0.2) is 27.9 Å². The van der Waals surface area contributed by atoms with E-state index in [4.69, 9.17) is 5.11 Å². The van der Waals surface area contributed by atoms with Crippen molar-refractivity contribution in [3.05, 3.63) is 32.6 Å². The van der Waals surface area contributed by atoms with Crippen LogP contribution in [0.25, 0.3) is 0 Å². The monoisotopic (exact) mass is 254 g/mol. The minimum Gasteiger partial charge on any atom is -0.394 e. The Labute approximate surface area is 92.3 Å². The van der Waals surface area contributed by atoms with E-state index >= 15 is 0 Å². The van der Waals surface area contributed by atoms with Crippen molar-refractivity contribution in [2.45, 2.75) is 12.9 Å². The molecule has 9 heteroatoms. The molecule has 1 aromatic heterocycles. The fourth-order valence-corrected chi connectivity index (χ4v) is 1.03. The summed E-state index contributed by atoms with van der Waals surface area (Å²) in [7, 11) is 0. The fraction of sp³-hybridized carbons (Fsp3) is 0.500. The highest BCUT2D eigenvalue weighted by molar-refractivity contribution is 5.08. The van der Waals surface area contributed by atoms with Crippen molar-refractivity contribution in [1.82, 2.24) is 9.55 Å². The molecular weight excluding hydrogens is 245 g/mol. The molecule has 0 aliphatic carbocycles. The maximum absolute atomic E-state index is 12.3. The second kappa shape index (κ2) is 5.15. The molecule has 96 valence electrons. The van der Waals surface area contributed by atoms with Gasteiger partial charge in [0.1, 0.15) is 12.3 Å². The summed E-state index contributed by atoms with van der Waals surface area (Å²) < 4.78 is 42.2. The first-order valence-corrected chi connectivity index (χ1v) is 4.46. The molecular formula is C8H9F3N2O4. The van der Waals surface area contributed by atoms with Gasteiger partial charge in [0.2, 0.25) is 0 Å². The molecule has 0 aliphatic heterocycles. The van der Waals surface area contributed by atoms with E-state index in [2.05, 4.69) is 4.74 Å². The van der Waals surface area contributed by atoms with Crippen LogP contribution in [0.15, 0.2) is 15.8 Å². The van der Waals surface area contributed by atoms with Gasteiger partial charge in [-0.1, -0.05) is 0 Å². The van der Waals surface area contributed by atoms with E-state index in [0.717, 1.165) is 0 Å². The summed E-state index contributed by atoms with van der Waals surface area (Å²) in [5, 5.41) is 8.39. The van der Waals surface area contributed by atoms with E-state index in [1.807, 2.05) is 0 Å². The Balaban J connectivity index is 3.07. The number of rotatable bonds is 4. The quantitative estimate of drug-likeness (QED) is 0.711. The molecule has 2 N–H and O–H groups in total. The van der Waals surface area contributed by atoms with Crippen molar-refractivity contribution >= 4 is 0 Å². The van der Waals surface area contributed by atoms with Gasteiger partial charge in [0.25, 0.3) is 5.56 Å². The zero-order valence-electron chi connectivity index (χ0n) is 8.45. The zero-order valence-corrected chi connectivity index (χ0v) is 8.45. The van der Waals surface area contributed by atoms with Crippen LogP contribution in [0.3, 0.4) is 0 Å². The van der Waals surface area contributed by atoms with Crippen molar-refractivity contribution < 1.29 is 23.0 Å². The van der Waals surface area contributed by atoms with Gasteiger partial charge in [-0.05, 0) is 0 Å². The highest BCUT2D eigenvalue weighted by Gasteiger charge is 2.34. The molecule has 0 radical (unpaired) electrons. The predicted octanol–water partition coefficient (Wildman–Crippen LogP) is -0.478. The summed E-state index contributed by atoms with van der Waals surface area (Å²) in [6.45, 7) is -0.948. The van der Waals surface area contributed by atoms with Gasteiger partial charge in [-0.3, -0.25) is 14.3 Å². The van der Waals surface area contributed by atoms with Crippen LogP contribution in [0.1, 0.15) is 5.56 Å². The van der Waals surface area contributed by atoms with E-state index in [1.54, 1.807) is 0 Å². The summed E-state index contributed by atoms with van der Waals surface area (Å²) in [4.78, 5) is 23.5. The molecule has 0 aliphatic rings. The average molecular weight is 254 g/mol. The third-order valence-corrected chi connectivity index (χ3v) is 1.78. The molecule has 1 heterocycles. The molecule has 0 unspecified atom stereocenters. The maximum Gasteiger partial charge on any atom is 0.423 e. The highest BCUT2D eigenvalue weighted by atomic mass is 19.4. The number of aliphatic hydroxyl groups excluding tert-OH is 1. The first-order chi connectivity index (χ1) is 7.86. The van der Waals surface area contributed by atoms with Gasteiger partial charge in [0.05, 0.1) is 13.2 Å². The predicted molar refractivity (Wildman–Crippen MR) is 49.4 cm³/mol. The van der Waals surface area contributed by atoms with Gasteiger partial charge in [0.15, 0.2) is 0 Å². The molecule has 1 aromatic rings. The number of aromatic nitrogens is 2. The van der Waals surface area contributed by atoms with Crippen molar-refractivity contribution in [1.29, 1.82) is 0 Å². The molecule has 0 aromatic carbocycles. The lowest BCUT2D eigenvalue weighted by Crippen LogP contribution is -2.35. The van der Waals surface area contributed by atoms with Gasteiger partial charge >= 0.3 is 11.9 Å². The number of halogens is 3. The van der Waals surface area contributed by atoms with E-state index in [0.29, 0.717) is 10.8 Å². The van der Waals surface area contributed by atoms with E-state index < -0.39 is 29.7 Å². The van der Waals surface area contributed by atoms with Crippen LogP contribution in [-0.2, 0) is 17.6 Å². The van der Waals surface area contributed by atoms with Gasteiger partial charge < -0.3 is 9.84 Å². The molecule has 0 spiro atoms. The number of nitrogens with one attached hydrogen (secondary N) is 1. The third kappa shape index (κ3) is 3.43. The zero-order chi connectivity index (χ0) is 13.1. The summed E-state index contributed by atoms with van der Waals surface area (Å²) in [6, 6.07) is 0. The minimum absolute atomic E-state index is 0.132. The second-order valence-corrected chi connectivity index (χ2v) is 3.03. The highest BCUT2D eigenvalue weighted by Crippen LogP contribution is 2.25. The van der Waals surface area contributed by atoms with E-state index in [-0.39, 0.29) is 13.2 Å². The molecule has 0 atom stereocenters. The molecule has 0 fully saturated rings. The second-order valence-electron chi connectivity index (χ2n) is 3.03. The normalized spacial score (nSPS) is 11.8. The Morgan fingerprint density at radius 2 is 2.06 bits per heavy atom. The number of ether oxygens (including phenoxy) is 1. The van der Waals surface area contributed by atoms with E-state index in [9.17, 15) is 22.8 Å². The fourth-order valence-electron chi connectivity index (χ4n) is 1.03. The number of H-pyrrole nitrogens is 1. The van der Waals surface area contributed by atoms with Crippen molar-refractivity contribution in [3.8, 4) is 0 Å². The summed E-state index contributed by atoms with van der Waals surface area (Å²) in [5.41, 5.74) is -3.99. The Morgan fingerprint density at radius 1 is 1.41 bits per heavy atom. The topological polar surface area (TPSA) is 84.3 Å². The van der Waals surface area contributed by atoms with Crippen LogP contribution in [0.4, 0.5) is 13.2 Å². The van der Waals surface area contributed by atoms with Gasteiger partial charge in [-0.15, -0.1) is 0 Å². The Kier molecular flexibility index (Phi) is 4.07. The lowest BCUT2D eigenvalue weighted by Gasteiger charge is -2.09. The Bertz CT molecular complexity index is 491. The van der Waals surface area contributed by atoms with Crippen molar-refractivity contribution in [2.75, 3.05) is 13.2 Å². The Morgan fingerprint density at radius 3 is 2.59 bits per heavy atom. The van der Waals surface area contributed by atoms with Crippen LogP contribution in [0, 0.1) is 0 Å².